The van der Waals surface area contributed by atoms with Gasteiger partial charge in [-0.15, -0.1) is 0 Å². The summed E-state index contributed by atoms with van der Waals surface area (Å²) in [6.45, 7) is 5.21. The molecule has 26 heavy (non-hydrogen) atoms. The summed E-state index contributed by atoms with van der Waals surface area (Å²) >= 11 is 0. The number of carbonyl (C=O) groups is 1. The summed E-state index contributed by atoms with van der Waals surface area (Å²) in [6.07, 6.45) is 8.91. The van der Waals surface area contributed by atoms with Crippen LogP contribution < -0.4 is 10.1 Å². The molecule has 0 radical (unpaired) electrons. The molecule has 1 aliphatic heterocycles. The molecule has 1 heterocycles. The van der Waals surface area contributed by atoms with E-state index in [1.165, 1.54) is 25.7 Å². The van der Waals surface area contributed by atoms with Gasteiger partial charge in [0.2, 0.25) is 0 Å². The Morgan fingerprint density at radius 1 is 1.12 bits per heavy atom. The highest BCUT2D eigenvalue weighted by Crippen LogP contribution is 2.29. The fourth-order valence-corrected chi connectivity index (χ4v) is 4.00. The van der Waals surface area contributed by atoms with Crippen LogP contribution in [-0.4, -0.2) is 42.8 Å². The minimum absolute atomic E-state index is 0.0225. The normalized spacial score (nSPS) is 23.1. The highest BCUT2D eigenvalue weighted by atomic mass is 16.6. The van der Waals surface area contributed by atoms with E-state index in [1.807, 2.05) is 24.3 Å². The van der Waals surface area contributed by atoms with E-state index in [9.17, 15) is 4.79 Å². The molecule has 1 aromatic carbocycles. The van der Waals surface area contributed by atoms with Crippen molar-refractivity contribution < 1.29 is 14.3 Å². The van der Waals surface area contributed by atoms with Gasteiger partial charge in [0.25, 0.3) is 0 Å². The van der Waals surface area contributed by atoms with Gasteiger partial charge in [-0.05, 0) is 75.9 Å². The van der Waals surface area contributed by atoms with E-state index in [4.69, 9.17) is 9.47 Å². The lowest BCUT2D eigenvalue weighted by molar-refractivity contribution is 0.0603. The molecule has 1 N–H and O–H groups in total. The van der Waals surface area contributed by atoms with E-state index in [2.05, 4.69) is 17.1 Å². The number of anilines is 1. The van der Waals surface area contributed by atoms with Gasteiger partial charge in [-0.3, -0.25) is 10.2 Å². The van der Waals surface area contributed by atoms with E-state index < -0.39 is 0 Å². The Labute approximate surface area is 157 Å². The Morgan fingerprint density at radius 3 is 2.62 bits per heavy atom. The Kier molecular flexibility index (Phi) is 7.18. The van der Waals surface area contributed by atoms with E-state index in [0.717, 1.165) is 56.8 Å². The van der Waals surface area contributed by atoms with Crippen molar-refractivity contribution in [3.05, 3.63) is 24.3 Å². The SMILES string of the molecule is CCCCCOc1ccc(NC(=O)O[C@@H]2CCC[C@H]2N2CCCC2)cc1. The largest absolute Gasteiger partial charge is 0.494 e. The van der Waals surface area contributed by atoms with Gasteiger partial charge in [0.1, 0.15) is 11.9 Å². The van der Waals surface area contributed by atoms with E-state index in [-0.39, 0.29) is 12.2 Å². The molecule has 1 saturated heterocycles. The van der Waals surface area contributed by atoms with Crippen molar-refractivity contribution in [2.75, 3.05) is 25.0 Å². The number of unbranched alkanes of at least 4 members (excludes halogenated alkanes) is 2. The molecule has 3 rings (SSSR count). The van der Waals surface area contributed by atoms with Crippen LogP contribution in [-0.2, 0) is 4.74 Å². The Balaban J connectivity index is 1.44. The molecule has 144 valence electrons. The minimum atomic E-state index is -0.349. The van der Waals surface area contributed by atoms with Gasteiger partial charge in [-0.1, -0.05) is 19.8 Å². The van der Waals surface area contributed by atoms with Crippen molar-refractivity contribution >= 4 is 11.8 Å². The van der Waals surface area contributed by atoms with Crippen molar-refractivity contribution in [3.8, 4) is 5.75 Å². The number of nitrogens with zero attached hydrogens (tertiary/aromatic N) is 1. The van der Waals surface area contributed by atoms with Gasteiger partial charge in [0.15, 0.2) is 0 Å². The predicted molar refractivity (Wildman–Crippen MR) is 104 cm³/mol. The zero-order valence-electron chi connectivity index (χ0n) is 15.9. The molecular formula is C21H32N2O3. The number of ether oxygens (including phenoxy) is 2. The second kappa shape index (κ2) is 9.81. The summed E-state index contributed by atoms with van der Waals surface area (Å²) in [4.78, 5) is 14.8. The molecule has 5 heteroatoms. The van der Waals surface area contributed by atoms with Crippen molar-refractivity contribution in [3.63, 3.8) is 0 Å². The molecular weight excluding hydrogens is 328 g/mol. The predicted octanol–water partition coefficient (Wildman–Crippen LogP) is 4.82. The van der Waals surface area contributed by atoms with Crippen LogP contribution in [0.25, 0.3) is 0 Å². The summed E-state index contributed by atoms with van der Waals surface area (Å²) in [5, 5.41) is 2.85. The number of likely N-dealkylation sites (tertiary alicyclic amines) is 1. The van der Waals surface area contributed by atoms with Crippen LogP contribution in [0.5, 0.6) is 5.75 Å². The molecule has 1 aromatic rings. The van der Waals surface area contributed by atoms with Gasteiger partial charge >= 0.3 is 6.09 Å². The lowest BCUT2D eigenvalue weighted by atomic mass is 10.2. The Morgan fingerprint density at radius 2 is 1.88 bits per heavy atom. The third-order valence-electron chi connectivity index (χ3n) is 5.40. The number of hydrogen-bond acceptors (Lipinski definition) is 4. The van der Waals surface area contributed by atoms with Crippen LogP contribution in [0.3, 0.4) is 0 Å². The van der Waals surface area contributed by atoms with Crippen molar-refractivity contribution in [1.29, 1.82) is 0 Å². The molecule has 0 unspecified atom stereocenters. The lowest BCUT2D eigenvalue weighted by Gasteiger charge is -2.28. The lowest BCUT2D eigenvalue weighted by Crippen LogP contribution is -2.41. The molecule has 0 bridgehead atoms. The Bertz CT molecular complexity index is 555. The second-order valence-electron chi connectivity index (χ2n) is 7.39. The molecule has 1 aliphatic carbocycles. The van der Waals surface area contributed by atoms with E-state index in [0.29, 0.717) is 6.04 Å². The van der Waals surface area contributed by atoms with Crippen LogP contribution in [0.4, 0.5) is 10.5 Å². The third kappa shape index (κ3) is 5.37. The molecule has 1 amide bonds. The smallest absolute Gasteiger partial charge is 0.411 e. The van der Waals surface area contributed by atoms with E-state index >= 15 is 0 Å². The molecule has 5 nitrogen and oxygen atoms in total. The van der Waals surface area contributed by atoms with Crippen molar-refractivity contribution in [1.82, 2.24) is 4.90 Å². The molecule has 2 aliphatic rings. The standard InChI is InChI=1S/C21H32N2O3/c1-2-3-6-16-25-18-12-10-17(11-13-18)22-21(24)26-20-9-7-8-19(20)23-14-4-5-15-23/h10-13,19-20H,2-9,14-16H2,1H3,(H,22,24)/t19-,20-/m1/s1. The van der Waals surface area contributed by atoms with Crippen molar-refractivity contribution in [2.24, 2.45) is 0 Å². The second-order valence-corrected chi connectivity index (χ2v) is 7.39. The molecule has 0 aromatic heterocycles. The summed E-state index contributed by atoms with van der Waals surface area (Å²) < 4.78 is 11.4. The van der Waals surface area contributed by atoms with Crippen LogP contribution in [0.2, 0.25) is 0 Å². The third-order valence-corrected chi connectivity index (χ3v) is 5.40. The van der Waals surface area contributed by atoms with Crippen LogP contribution >= 0.6 is 0 Å². The quantitative estimate of drug-likeness (QED) is 0.675. The zero-order valence-corrected chi connectivity index (χ0v) is 15.9. The Hall–Kier alpha value is -1.75. The van der Waals surface area contributed by atoms with Crippen LogP contribution in [0, 0.1) is 0 Å². The average Bonchev–Trinajstić information content (AvgIpc) is 3.31. The first-order valence-electron chi connectivity index (χ1n) is 10.2. The monoisotopic (exact) mass is 360 g/mol. The number of amides is 1. The molecule has 2 atom stereocenters. The molecule has 0 spiro atoms. The molecule has 1 saturated carbocycles. The number of nitrogens with one attached hydrogen (secondary N) is 1. The average molecular weight is 360 g/mol. The van der Waals surface area contributed by atoms with Gasteiger partial charge in [-0.2, -0.15) is 0 Å². The number of rotatable bonds is 8. The first-order valence-corrected chi connectivity index (χ1v) is 10.2. The number of benzene rings is 1. The van der Waals surface area contributed by atoms with Crippen molar-refractivity contribution in [2.45, 2.75) is 70.4 Å². The van der Waals surface area contributed by atoms with Crippen LogP contribution in [0.15, 0.2) is 24.3 Å². The van der Waals surface area contributed by atoms with Gasteiger partial charge in [-0.25, -0.2) is 4.79 Å². The zero-order chi connectivity index (χ0) is 18.2. The number of hydrogen-bond donors (Lipinski definition) is 1. The topological polar surface area (TPSA) is 50.8 Å². The highest BCUT2D eigenvalue weighted by molar-refractivity contribution is 5.84. The summed E-state index contributed by atoms with van der Waals surface area (Å²) in [5.74, 6) is 0.838. The maximum absolute atomic E-state index is 12.3. The van der Waals surface area contributed by atoms with Crippen LogP contribution in [0.1, 0.15) is 58.3 Å². The first-order chi connectivity index (χ1) is 12.8. The fraction of sp³-hybridized carbons (Fsp3) is 0.667. The maximum Gasteiger partial charge on any atom is 0.411 e. The minimum Gasteiger partial charge on any atom is -0.494 e. The van der Waals surface area contributed by atoms with Gasteiger partial charge < -0.3 is 9.47 Å². The van der Waals surface area contributed by atoms with Gasteiger partial charge in [0.05, 0.1) is 6.61 Å². The first kappa shape index (κ1) is 19.0. The summed E-state index contributed by atoms with van der Waals surface area (Å²) in [7, 11) is 0. The summed E-state index contributed by atoms with van der Waals surface area (Å²) in [6, 6.07) is 7.92. The number of carbonyl (C=O) groups excluding carboxylic acids is 1. The fourth-order valence-electron chi connectivity index (χ4n) is 4.00. The summed E-state index contributed by atoms with van der Waals surface area (Å²) in [5.41, 5.74) is 0.742. The molecule has 2 fully saturated rings. The maximum atomic E-state index is 12.3. The van der Waals surface area contributed by atoms with E-state index in [1.54, 1.807) is 0 Å². The van der Waals surface area contributed by atoms with Gasteiger partial charge in [0, 0.05) is 11.7 Å². The highest BCUT2D eigenvalue weighted by Gasteiger charge is 2.35.